The van der Waals surface area contributed by atoms with Crippen molar-refractivity contribution in [3.63, 3.8) is 0 Å². The highest BCUT2D eigenvalue weighted by molar-refractivity contribution is 7.47. The van der Waals surface area contributed by atoms with Crippen LogP contribution in [-0.2, 0) is 32.7 Å². The lowest BCUT2D eigenvalue weighted by atomic mass is 10.0. The third-order valence-electron chi connectivity index (χ3n) is 13.9. The van der Waals surface area contributed by atoms with Gasteiger partial charge in [0.15, 0.2) is 6.10 Å². The second-order valence-electron chi connectivity index (χ2n) is 22.4. The highest BCUT2D eigenvalue weighted by Crippen LogP contribution is 2.43. The SMILES string of the molecule is CC/C=C\C/C=C\C/C=C\C/C=C\CCC(=O)OC(COC(=O)CCCCCCCCCCCCCCCCCCCCCCCCCCCCCCCCCCCCCCC)COP(=O)(O)OCC[N+](C)(C)C. The van der Waals surface area contributed by atoms with E-state index in [2.05, 4.69) is 50.3 Å². The summed E-state index contributed by atoms with van der Waals surface area (Å²) < 4.78 is 34.4. The summed E-state index contributed by atoms with van der Waals surface area (Å²) in [6, 6.07) is 0. The largest absolute Gasteiger partial charge is 0.472 e. The topological polar surface area (TPSA) is 108 Å². The standard InChI is InChI=1S/C64H120NO8P/c1-6-8-10-12-14-16-18-20-21-22-23-24-25-26-27-28-29-30-31-32-33-34-35-36-37-38-39-40-41-42-43-45-46-48-50-52-54-56-63(66)70-60-62(61-72-74(68,69)71-59-58-65(3,4)5)73-64(67)57-55-53-51-49-47-44-19-17-15-13-11-9-7-2/h9,11,15,17,44,47,51,53,62H,6-8,10,12-14,16,18-43,45-46,48-50,52,54-61H2,1-5H3/p+1/b11-9-,17-15-,47-44-,53-51-. The minimum absolute atomic E-state index is 0.0192. The Morgan fingerprint density at radius 3 is 1.12 bits per heavy atom. The van der Waals surface area contributed by atoms with Crippen molar-refractivity contribution < 1.29 is 42.1 Å². The number of hydrogen-bond donors (Lipinski definition) is 1. The van der Waals surface area contributed by atoms with Gasteiger partial charge in [-0.2, -0.15) is 0 Å². The van der Waals surface area contributed by atoms with Gasteiger partial charge in [-0.05, 0) is 38.5 Å². The molecular weight excluding hydrogens is 942 g/mol. The van der Waals surface area contributed by atoms with Crippen molar-refractivity contribution in [3.05, 3.63) is 48.6 Å². The van der Waals surface area contributed by atoms with Gasteiger partial charge in [0.05, 0.1) is 27.7 Å². The maximum Gasteiger partial charge on any atom is 0.472 e. The number of unbranched alkanes of at least 4 members (excludes halogenated alkanes) is 36. The first-order chi connectivity index (χ1) is 36.0. The Bertz CT molecular complexity index is 1390. The van der Waals surface area contributed by atoms with Crippen LogP contribution in [0, 0.1) is 0 Å². The fourth-order valence-electron chi connectivity index (χ4n) is 9.09. The van der Waals surface area contributed by atoms with E-state index in [0.29, 0.717) is 17.4 Å². The zero-order valence-corrected chi connectivity index (χ0v) is 50.2. The molecule has 0 fully saturated rings. The van der Waals surface area contributed by atoms with Gasteiger partial charge in [-0.1, -0.05) is 294 Å². The molecule has 0 aromatic heterocycles. The number of carbonyl (C=O) groups excluding carboxylic acids is 2. The Labute approximate surface area is 458 Å². The van der Waals surface area contributed by atoms with E-state index < -0.39 is 26.5 Å². The average molecular weight is 1060 g/mol. The average Bonchev–Trinajstić information content (AvgIpc) is 3.36. The molecule has 0 aromatic rings. The quantitative estimate of drug-likeness (QED) is 0.0211. The molecule has 1 N–H and O–H groups in total. The summed E-state index contributed by atoms with van der Waals surface area (Å²) in [6.07, 6.45) is 71.2. The van der Waals surface area contributed by atoms with Crippen LogP contribution in [0.3, 0.4) is 0 Å². The fourth-order valence-corrected chi connectivity index (χ4v) is 9.83. The molecule has 0 aliphatic carbocycles. The van der Waals surface area contributed by atoms with Crippen molar-refractivity contribution in [1.82, 2.24) is 0 Å². The summed E-state index contributed by atoms with van der Waals surface area (Å²) in [5.41, 5.74) is 0. The maximum atomic E-state index is 12.7. The number of nitrogens with zero attached hydrogens (tertiary/aromatic N) is 1. The van der Waals surface area contributed by atoms with Crippen molar-refractivity contribution >= 4 is 19.8 Å². The van der Waals surface area contributed by atoms with Crippen molar-refractivity contribution in [2.45, 2.75) is 302 Å². The maximum absolute atomic E-state index is 12.7. The second-order valence-corrected chi connectivity index (χ2v) is 23.9. The molecule has 74 heavy (non-hydrogen) atoms. The number of phosphoric ester groups is 1. The van der Waals surface area contributed by atoms with Crippen LogP contribution >= 0.6 is 7.82 Å². The van der Waals surface area contributed by atoms with Gasteiger partial charge in [-0.3, -0.25) is 18.6 Å². The number of hydrogen-bond acceptors (Lipinski definition) is 7. The molecule has 0 aromatic carbocycles. The number of esters is 2. The van der Waals surface area contributed by atoms with E-state index >= 15 is 0 Å². The van der Waals surface area contributed by atoms with Crippen molar-refractivity contribution in [3.8, 4) is 0 Å². The molecule has 2 unspecified atom stereocenters. The Morgan fingerprint density at radius 2 is 0.770 bits per heavy atom. The van der Waals surface area contributed by atoms with Crippen LogP contribution in [0.5, 0.6) is 0 Å². The van der Waals surface area contributed by atoms with Crippen LogP contribution in [0.4, 0.5) is 0 Å². The lowest BCUT2D eigenvalue weighted by Crippen LogP contribution is -2.37. The number of likely N-dealkylation sites (N-methyl/N-ethyl adjacent to an activating group) is 1. The minimum Gasteiger partial charge on any atom is -0.462 e. The zero-order valence-electron chi connectivity index (χ0n) is 49.3. The van der Waals surface area contributed by atoms with Gasteiger partial charge in [-0.15, -0.1) is 0 Å². The highest BCUT2D eigenvalue weighted by Gasteiger charge is 2.27. The van der Waals surface area contributed by atoms with Crippen LogP contribution in [-0.4, -0.2) is 74.9 Å². The summed E-state index contributed by atoms with van der Waals surface area (Å²) in [5, 5.41) is 0. The number of quaternary nitrogens is 1. The van der Waals surface area contributed by atoms with Crippen LogP contribution < -0.4 is 0 Å². The van der Waals surface area contributed by atoms with Gasteiger partial charge in [0.1, 0.15) is 19.8 Å². The van der Waals surface area contributed by atoms with Crippen LogP contribution in [0.2, 0.25) is 0 Å². The molecule has 0 heterocycles. The summed E-state index contributed by atoms with van der Waals surface area (Å²) in [6.45, 7) is 4.26. The lowest BCUT2D eigenvalue weighted by molar-refractivity contribution is -0.870. The van der Waals surface area contributed by atoms with E-state index in [9.17, 15) is 19.0 Å². The van der Waals surface area contributed by atoms with Gasteiger partial charge >= 0.3 is 19.8 Å². The van der Waals surface area contributed by atoms with Crippen LogP contribution in [0.25, 0.3) is 0 Å². The van der Waals surface area contributed by atoms with E-state index in [1.54, 1.807) is 0 Å². The van der Waals surface area contributed by atoms with Gasteiger partial charge in [-0.25, -0.2) is 4.57 Å². The molecule has 0 rings (SSSR count). The molecule has 0 aliphatic heterocycles. The number of carbonyl (C=O) groups is 2. The monoisotopic (exact) mass is 1060 g/mol. The molecule has 2 atom stereocenters. The fraction of sp³-hybridized carbons (Fsp3) is 0.844. The minimum atomic E-state index is -4.40. The normalized spacial score (nSPS) is 13.5. The van der Waals surface area contributed by atoms with Crippen LogP contribution in [0.1, 0.15) is 296 Å². The van der Waals surface area contributed by atoms with Gasteiger partial charge in [0.25, 0.3) is 0 Å². The molecular formula is C64H121NO8P+. The summed E-state index contributed by atoms with van der Waals surface area (Å²) in [5.74, 6) is -0.883. The third-order valence-corrected chi connectivity index (χ3v) is 14.9. The molecule has 9 nitrogen and oxygen atoms in total. The van der Waals surface area contributed by atoms with Gasteiger partial charge in [0.2, 0.25) is 0 Å². The molecule has 0 amide bonds. The second kappa shape index (κ2) is 55.7. The zero-order chi connectivity index (χ0) is 54.2. The van der Waals surface area contributed by atoms with E-state index in [0.717, 1.165) is 44.9 Å². The van der Waals surface area contributed by atoms with Crippen molar-refractivity contribution in [2.75, 3.05) is 47.5 Å². The first-order valence-electron chi connectivity index (χ1n) is 31.4. The van der Waals surface area contributed by atoms with Gasteiger partial charge in [0, 0.05) is 12.8 Å². The molecule has 434 valence electrons. The summed E-state index contributed by atoms with van der Waals surface area (Å²) in [4.78, 5) is 35.5. The summed E-state index contributed by atoms with van der Waals surface area (Å²) in [7, 11) is 1.44. The molecule has 0 saturated heterocycles. The van der Waals surface area contributed by atoms with E-state index in [-0.39, 0.29) is 32.0 Å². The lowest BCUT2D eigenvalue weighted by Gasteiger charge is -2.24. The molecule has 0 saturated carbocycles. The molecule has 0 spiro atoms. The first-order valence-corrected chi connectivity index (χ1v) is 32.9. The molecule has 0 bridgehead atoms. The predicted molar refractivity (Wildman–Crippen MR) is 317 cm³/mol. The predicted octanol–water partition coefficient (Wildman–Crippen LogP) is 19.7. The first kappa shape index (κ1) is 72.0. The highest BCUT2D eigenvalue weighted by atomic mass is 31.2. The smallest absolute Gasteiger partial charge is 0.462 e. The number of allylic oxidation sites excluding steroid dienone is 8. The molecule has 0 radical (unpaired) electrons. The van der Waals surface area contributed by atoms with E-state index in [4.69, 9.17) is 18.5 Å². The number of phosphoric acid groups is 1. The van der Waals surface area contributed by atoms with Gasteiger partial charge < -0.3 is 18.9 Å². The third kappa shape index (κ3) is 59.2. The Kier molecular flexibility index (Phi) is 54.2. The van der Waals surface area contributed by atoms with Crippen molar-refractivity contribution in [2.24, 2.45) is 0 Å². The molecule has 10 heteroatoms. The van der Waals surface area contributed by atoms with E-state index in [1.165, 1.54) is 218 Å². The summed E-state index contributed by atoms with van der Waals surface area (Å²) >= 11 is 0. The van der Waals surface area contributed by atoms with Crippen LogP contribution in [0.15, 0.2) is 48.6 Å². The van der Waals surface area contributed by atoms with E-state index in [1.807, 2.05) is 33.3 Å². The van der Waals surface area contributed by atoms with Crippen molar-refractivity contribution in [1.29, 1.82) is 0 Å². The Morgan fingerprint density at radius 1 is 0.432 bits per heavy atom. The number of rotatable bonds is 58. The molecule has 0 aliphatic rings. The Hall–Kier alpha value is -2.03. The Balaban J connectivity index is 3.88. The number of ether oxygens (including phenoxy) is 2.